The van der Waals surface area contributed by atoms with Crippen molar-refractivity contribution in [2.75, 3.05) is 31.1 Å². The lowest BCUT2D eigenvalue weighted by molar-refractivity contribution is 0.459. The standard InChI is InChI=1S/C17H18ClN5.C12H7Cl2N3.C5H12N2/c18-13-4-1-3-12(9-13)15-10-20-23-8-6-16(21-17(15)23)22-7-2-5-14(19)11-22;13-9-3-1-2-8(6-9)10-7-15-17-5-4-11(14)16-12(10)17;6-5-2-1-3-7-4-5/h1,3-4,6,8-10,14H,2,5,7,11,19H2;1-7H;5,7H,1-4,6H2/t14-;;5-/m0.0/s1. The Hall–Kier alpha value is -3.77. The summed E-state index contributed by atoms with van der Waals surface area (Å²) in [7, 11) is 0. The Labute approximate surface area is 288 Å². The van der Waals surface area contributed by atoms with E-state index in [0.29, 0.717) is 21.2 Å². The molecule has 244 valence electrons. The number of hydrogen-bond donors (Lipinski definition) is 3. The molecule has 5 N–H and O–H groups in total. The molecule has 0 radical (unpaired) electrons. The van der Waals surface area contributed by atoms with Crippen LogP contribution in [0.2, 0.25) is 15.2 Å². The van der Waals surface area contributed by atoms with Gasteiger partial charge in [0.1, 0.15) is 11.0 Å². The van der Waals surface area contributed by atoms with Crippen LogP contribution in [-0.2, 0) is 0 Å². The lowest BCUT2D eigenvalue weighted by Crippen LogP contribution is -2.43. The Morgan fingerprint density at radius 3 is 1.89 bits per heavy atom. The summed E-state index contributed by atoms with van der Waals surface area (Å²) in [6.07, 6.45) is 12.0. The third-order valence-electron chi connectivity index (χ3n) is 8.08. The van der Waals surface area contributed by atoms with Crippen LogP contribution in [0.25, 0.3) is 33.5 Å². The van der Waals surface area contributed by atoms with E-state index >= 15 is 0 Å². The quantitative estimate of drug-likeness (QED) is 0.183. The number of rotatable bonds is 3. The second-order valence-electron chi connectivity index (χ2n) is 11.7. The van der Waals surface area contributed by atoms with Crippen LogP contribution in [0, 0.1) is 0 Å². The van der Waals surface area contributed by atoms with Gasteiger partial charge in [-0.15, -0.1) is 0 Å². The van der Waals surface area contributed by atoms with Crippen molar-refractivity contribution in [2.45, 2.75) is 37.8 Å². The third kappa shape index (κ3) is 8.39. The molecule has 0 aliphatic carbocycles. The minimum atomic E-state index is 0.221. The van der Waals surface area contributed by atoms with Crippen LogP contribution >= 0.6 is 34.8 Å². The molecule has 2 atom stereocenters. The number of piperidine rings is 2. The molecule has 2 saturated heterocycles. The number of anilines is 1. The van der Waals surface area contributed by atoms with Gasteiger partial charge in [-0.3, -0.25) is 0 Å². The van der Waals surface area contributed by atoms with Gasteiger partial charge in [-0.1, -0.05) is 59.1 Å². The first-order chi connectivity index (χ1) is 22.8. The third-order valence-corrected chi connectivity index (χ3v) is 8.76. The van der Waals surface area contributed by atoms with Gasteiger partial charge < -0.3 is 21.7 Å². The molecule has 47 heavy (non-hydrogen) atoms. The molecule has 0 unspecified atom stereocenters. The van der Waals surface area contributed by atoms with E-state index in [2.05, 4.69) is 25.4 Å². The van der Waals surface area contributed by atoms with Crippen LogP contribution in [0.4, 0.5) is 5.82 Å². The van der Waals surface area contributed by atoms with Crippen molar-refractivity contribution < 1.29 is 0 Å². The van der Waals surface area contributed by atoms with Crippen LogP contribution in [0.15, 0.2) is 85.5 Å². The van der Waals surface area contributed by atoms with E-state index in [4.69, 9.17) is 51.3 Å². The second-order valence-corrected chi connectivity index (χ2v) is 12.9. The first-order valence-electron chi connectivity index (χ1n) is 15.7. The van der Waals surface area contributed by atoms with E-state index in [1.807, 2.05) is 67.0 Å². The Morgan fingerprint density at radius 2 is 1.34 bits per heavy atom. The lowest BCUT2D eigenvalue weighted by Gasteiger charge is -2.31. The summed E-state index contributed by atoms with van der Waals surface area (Å²) in [5.74, 6) is 0.955. The molecule has 4 aromatic heterocycles. The number of aromatic nitrogens is 6. The van der Waals surface area contributed by atoms with E-state index in [-0.39, 0.29) is 6.04 Å². The molecule has 10 nitrogen and oxygen atoms in total. The van der Waals surface area contributed by atoms with Gasteiger partial charge in [-0.05, 0) is 79.8 Å². The number of halogens is 3. The molecule has 2 aliphatic heterocycles. The number of fused-ring (bicyclic) bond motifs is 2. The maximum Gasteiger partial charge on any atom is 0.165 e. The first-order valence-corrected chi connectivity index (χ1v) is 16.8. The van der Waals surface area contributed by atoms with Gasteiger partial charge in [-0.25, -0.2) is 19.0 Å². The van der Waals surface area contributed by atoms with Crippen molar-refractivity contribution in [3.8, 4) is 22.3 Å². The van der Waals surface area contributed by atoms with Crippen LogP contribution in [0.3, 0.4) is 0 Å². The smallest absolute Gasteiger partial charge is 0.165 e. The summed E-state index contributed by atoms with van der Waals surface area (Å²) in [5, 5.41) is 13.7. The summed E-state index contributed by atoms with van der Waals surface area (Å²) in [6, 6.07) is 19.7. The summed E-state index contributed by atoms with van der Waals surface area (Å²) < 4.78 is 3.48. The zero-order chi connectivity index (χ0) is 32.8. The Kier molecular flexibility index (Phi) is 10.9. The van der Waals surface area contributed by atoms with E-state index in [1.54, 1.807) is 27.5 Å². The highest BCUT2D eigenvalue weighted by Gasteiger charge is 2.19. The van der Waals surface area contributed by atoms with Gasteiger partial charge in [0.15, 0.2) is 11.3 Å². The van der Waals surface area contributed by atoms with Gasteiger partial charge in [0.05, 0.1) is 12.4 Å². The predicted octanol–water partition coefficient (Wildman–Crippen LogP) is 6.38. The summed E-state index contributed by atoms with van der Waals surface area (Å²) >= 11 is 18.0. The highest BCUT2D eigenvalue weighted by molar-refractivity contribution is 6.31. The largest absolute Gasteiger partial charge is 0.355 e. The fraction of sp³-hybridized carbons (Fsp3) is 0.294. The summed E-state index contributed by atoms with van der Waals surface area (Å²) in [5.41, 5.74) is 17.1. The van der Waals surface area contributed by atoms with Crippen molar-refractivity contribution in [1.82, 2.24) is 34.5 Å². The van der Waals surface area contributed by atoms with Gasteiger partial charge in [0.25, 0.3) is 0 Å². The van der Waals surface area contributed by atoms with Crippen LogP contribution in [-0.4, -0.2) is 67.5 Å². The normalized spacial score (nSPS) is 17.9. The van der Waals surface area contributed by atoms with Crippen molar-refractivity contribution in [3.63, 3.8) is 0 Å². The fourth-order valence-corrected chi connectivity index (χ4v) is 6.22. The van der Waals surface area contributed by atoms with Crippen LogP contribution in [0.1, 0.15) is 25.7 Å². The molecule has 2 fully saturated rings. The number of nitrogens with one attached hydrogen (secondary N) is 1. The van der Waals surface area contributed by atoms with Crippen molar-refractivity contribution in [3.05, 3.63) is 101 Å². The van der Waals surface area contributed by atoms with Gasteiger partial charge in [-0.2, -0.15) is 10.2 Å². The SMILES string of the molecule is Clc1cccc(-c2cnn3ccc(Cl)nc23)c1.N[C@H]1CCCN(c2ccn3ncc(-c4cccc(Cl)c4)c3n2)C1.N[C@H]1CCCNC1. The highest BCUT2D eigenvalue weighted by Crippen LogP contribution is 2.28. The molecular formula is C34H37Cl3N10. The van der Waals surface area contributed by atoms with Crippen molar-refractivity contribution >= 4 is 51.9 Å². The maximum absolute atomic E-state index is 6.11. The van der Waals surface area contributed by atoms with Gasteiger partial charge >= 0.3 is 0 Å². The molecule has 2 aliphatic rings. The number of nitrogens with two attached hydrogens (primary N) is 2. The van der Waals surface area contributed by atoms with Crippen molar-refractivity contribution in [2.24, 2.45) is 11.5 Å². The minimum absolute atomic E-state index is 0.221. The molecule has 0 amide bonds. The second kappa shape index (κ2) is 15.4. The zero-order valence-electron chi connectivity index (χ0n) is 25.8. The van der Waals surface area contributed by atoms with E-state index in [9.17, 15) is 0 Å². The molecular weight excluding hydrogens is 655 g/mol. The van der Waals surface area contributed by atoms with E-state index in [1.165, 1.54) is 12.8 Å². The zero-order valence-corrected chi connectivity index (χ0v) is 28.1. The molecule has 2 aromatic carbocycles. The lowest BCUT2D eigenvalue weighted by atomic mass is 10.1. The Morgan fingerprint density at radius 1 is 0.723 bits per heavy atom. The molecule has 0 saturated carbocycles. The average molecular weight is 692 g/mol. The highest BCUT2D eigenvalue weighted by atomic mass is 35.5. The number of nitrogens with zero attached hydrogens (tertiary/aromatic N) is 7. The first kappa shape index (κ1) is 33.1. The maximum atomic E-state index is 6.11. The molecule has 6 aromatic rings. The summed E-state index contributed by atoms with van der Waals surface area (Å²) in [6.45, 7) is 4.02. The van der Waals surface area contributed by atoms with Crippen LogP contribution in [0.5, 0.6) is 0 Å². The molecule has 8 rings (SSSR count). The Balaban J connectivity index is 0.000000141. The van der Waals surface area contributed by atoms with Gasteiger partial charge in [0, 0.05) is 65.3 Å². The van der Waals surface area contributed by atoms with Gasteiger partial charge in [0.2, 0.25) is 0 Å². The monoisotopic (exact) mass is 690 g/mol. The minimum Gasteiger partial charge on any atom is -0.355 e. The predicted molar refractivity (Wildman–Crippen MR) is 191 cm³/mol. The molecule has 13 heteroatoms. The molecule has 0 spiro atoms. The van der Waals surface area contributed by atoms with E-state index in [0.717, 1.165) is 78.4 Å². The molecule has 6 heterocycles. The Bertz CT molecular complexity index is 1930. The number of benzene rings is 2. The van der Waals surface area contributed by atoms with Crippen LogP contribution < -0.4 is 21.7 Å². The number of hydrogen-bond acceptors (Lipinski definition) is 8. The average Bonchev–Trinajstić information content (AvgIpc) is 3.70. The molecule has 0 bridgehead atoms. The van der Waals surface area contributed by atoms with E-state index < -0.39 is 0 Å². The van der Waals surface area contributed by atoms with Crippen molar-refractivity contribution in [1.29, 1.82) is 0 Å². The summed E-state index contributed by atoms with van der Waals surface area (Å²) in [4.78, 5) is 11.3. The topological polar surface area (TPSA) is 128 Å². The fourth-order valence-electron chi connectivity index (χ4n) is 5.70.